The van der Waals surface area contributed by atoms with E-state index in [1.165, 1.54) is 25.7 Å². The van der Waals surface area contributed by atoms with Crippen molar-refractivity contribution in [3.8, 4) is 0 Å². The van der Waals surface area contributed by atoms with Crippen LogP contribution in [0.4, 0.5) is 0 Å². The number of amides is 1. The van der Waals surface area contributed by atoms with E-state index in [1.54, 1.807) is 11.8 Å². The highest BCUT2D eigenvalue weighted by Crippen LogP contribution is 2.24. The summed E-state index contributed by atoms with van der Waals surface area (Å²) in [7, 11) is 0. The summed E-state index contributed by atoms with van der Waals surface area (Å²) in [6.45, 7) is 4.50. The van der Waals surface area contributed by atoms with Crippen molar-refractivity contribution in [1.29, 1.82) is 0 Å². The number of carbonyl (C=O) groups is 1. The summed E-state index contributed by atoms with van der Waals surface area (Å²) >= 11 is 0. The number of nitrogens with zero attached hydrogens (tertiary/aromatic N) is 2. The lowest BCUT2D eigenvalue weighted by Gasteiger charge is -2.27. The Bertz CT molecular complexity index is 251. The molecule has 1 aliphatic carbocycles. The topological polar surface area (TPSA) is 43.8 Å². The fourth-order valence-corrected chi connectivity index (χ4v) is 2.90. The first-order valence-corrected chi connectivity index (χ1v) is 6.34. The molecule has 2 aliphatic rings. The van der Waals surface area contributed by atoms with Crippen molar-refractivity contribution in [2.45, 2.75) is 44.8 Å². The van der Waals surface area contributed by atoms with E-state index in [2.05, 4.69) is 4.90 Å². The van der Waals surface area contributed by atoms with E-state index < -0.39 is 0 Å². The van der Waals surface area contributed by atoms with Gasteiger partial charge in [0.2, 0.25) is 5.91 Å². The Balaban J connectivity index is 1.94. The highest BCUT2D eigenvalue weighted by Gasteiger charge is 2.28. The maximum Gasteiger partial charge on any atom is 0.219 e. The molecule has 1 amide bonds. The van der Waals surface area contributed by atoms with Crippen LogP contribution in [0.1, 0.15) is 32.6 Å². The zero-order valence-corrected chi connectivity index (χ0v) is 10.1. The van der Waals surface area contributed by atoms with Gasteiger partial charge in [0.25, 0.3) is 0 Å². The van der Waals surface area contributed by atoms with Gasteiger partial charge in [-0.25, -0.2) is 0 Å². The third kappa shape index (κ3) is 2.74. The molecule has 4 nitrogen and oxygen atoms in total. The van der Waals surface area contributed by atoms with E-state index in [1.807, 2.05) is 0 Å². The number of hydrogen-bond donors (Lipinski definition) is 1. The fourth-order valence-electron chi connectivity index (χ4n) is 2.90. The van der Waals surface area contributed by atoms with Crippen LogP contribution in [-0.2, 0) is 4.79 Å². The average Bonchev–Trinajstić information content (AvgIpc) is 2.68. The number of aliphatic hydroxyl groups is 1. The van der Waals surface area contributed by atoms with Gasteiger partial charge in [-0.2, -0.15) is 0 Å². The van der Waals surface area contributed by atoms with Gasteiger partial charge in [0.1, 0.15) is 0 Å². The summed E-state index contributed by atoms with van der Waals surface area (Å²) in [6.07, 6.45) is 4.76. The van der Waals surface area contributed by atoms with Crippen LogP contribution in [0.15, 0.2) is 0 Å². The monoisotopic (exact) mass is 226 g/mol. The Labute approximate surface area is 97.2 Å². The molecule has 16 heavy (non-hydrogen) atoms. The van der Waals surface area contributed by atoms with Gasteiger partial charge in [0.15, 0.2) is 0 Å². The molecule has 1 aliphatic heterocycles. The van der Waals surface area contributed by atoms with Crippen LogP contribution in [0.2, 0.25) is 0 Å². The second-order valence-electron chi connectivity index (χ2n) is 5.05. The summed E-state index contributed by atoms with van der Waals surface area (Å²) in [5.41, 5.74) is 0. The fraction of sp³-hybridized carbons (Fsp3) is 0.917. The average molecular weight is 226 g/mol. The van der Waals surface area contributed by atoms with Gasteiger partial charge in [-0.1, -0.05) is 12.8 Å². The molecule has 4 heteroatoms. The molecule has 0 aromatic heterocycles. The van der Waals surface area contributed by atoms with Crippen LogP contribution >= 0.6 is 0 Å². The predicted molar refractivity (Wildman–Crippen MR) is 62.1 cm³/mol. The molecule has 1 saturated heterocycles. The summed E-state index contributed by atoms with van der Waals surface area (Å²) in [5, 5.41) is 9.90. The molecular formula is C12H22N2O2. The molecule has 0 aromatic carbocycles. The molecule has 1 saturated carbocycles. The van der Waals surface area contributed by atoms with Crippen molar-refractivity contribution in [2.75, 3.05) is 26.2 Å². The summed E-state index contributed by atoms with van der Waals surface area (Å²) in [5.74, 6) is 0.0762. The van der Waals surface area contributed by atoms with Crippen molar-refractivity contribution in [3.05, 3.63) is 0 Å². The zero-order valence-electron chi connectivity index (χ0n) is 10.1. The molecule has 1 N–H and O–H groups in total. The number of hydrogen-bond acceptors (Lipinski definition) is 3. The lowest BCUT2D eigenvalue weighted by atomic mass is 10.2. The maximum atomic E-state index is 11.3. The van der Waals surface area contributed by atoms with Gasteiger partial charge >= 0.3 is 0 Å². The molecule has 0 radical (unpaired) electrons. The Morgan fingerprint density at radius 1 is 1.19 bits per heavy atom. The number of carbonyl (C=O) groups excluding carboxylic acids is 1. The first-order chi connectivity index (χ1) is 7.66. The summed E-state index contributed by atoms with van der Waals surface area (Å²) in [6, 6.07) is 0.640. The first-order valence-electron chi connectivity index (χ1n) is 6.34. The molecule has 2 fully saturated rings. The van der Waals surface area contributed by atoms with Gasteiger partial charge in [0.05, 0.1) is 6.10 Å². The Morgan fingerprint density at radius 2 is 1.88 bits per heavy atom. The molecular weight excluding hydrogens is 204 g/mol. The summed E-state index contributed by atoms with van der Waals surface area (Å²) < 4.78 is 0. The van der Waals surface area contributed by atoms with Crippen LogP contribution in [0.3, 0.4) is 0 Å². The summed E-state index contributed by atoms with van der Waals surface area (Å²) in [4.78, 5) is 15.5. The van der Waals surface area contributed by atoms with Crippen molar-refractivity contribution in [2.24, 2.45) is 0 Å². The van der Waals surface area contributed by atoms with Gasteiger partial charge in [0, 0.05) is 39.1 Å². The second kappa shape index (κ2) is 5.15. The van der Waals surface area contributed by atoms with Gasteiger partial charge in [-0.3, -0.25) is 9.69 Å². The van der Waals surface area contributed by atoms with Crippen molar-refractivity contribution >= 4 is 5.91 Å². The number of rotatable bonds is 1. The number of aliphatic hydroxyl groups excluding tert-OH is 1. The molecule has 1 heterocycles. The molecule has 1 atom stereocenters. The first kappa shape index (κ1) is 11.9. The van der Waals surface area contributed by atoms with Gasteiger partial charge in [-0.05, 0) is 12.8 Å². The van der Waals surface area contributed by atoms with Crippen LogP contribution in [0.25, 0.3) is 0 Å². The van der Waals surface area contributed by atoms with Gasteiger partial charge in [-0.15, -0.1) is 0 Å². The van der Waals surface area contributed by atoms with Crippen molar-refractivity contribution < 1.29 is 9.90 Å². The molecule has 0 aromatic rings. The quantitative estimate of drug-likeness (QED) is 0.706. The molecule has 0 unspecified atom stereocenters. The zero-order chi connectivity index (χ0) is 11.5. The molecule has 0 spiro atoms. The van der Waals surface area contributed by atoms with Crippen LogP contribution < -0.4 is 0 Å². The standard InChI is InChI=1S/C12H22N2O2/c1-10(15)13-6-7-14(9-12(16)8-13)11-4-2-3-5-11/h11-12,16H,2-9H2,1H3/t12-/m0/s1. The largest absolute Gasteiger partial charge is 0.390 e. The van der Waals surface area contributed by atoms with E-state index in [0.29, 0.717) is 12.6 Å². The molecule has 2 rings (SSSR count). The number of β-amino-alcohol motifs (C(OH)–C–C–N with tert-alkyl or cyclic N) is 1. The highest BCUT2D eigenvalue weighted by atomic mass is 16.3. The maximum absolute atomic E-state index is 11.3. The van der Waals surface area contributed by atoms with Crippen LogP contribution in [-0.4, -0.2) is 59.1 Å². The highest BCUT2D eigenvalue weighted by molar-refractivity contribution is 5.73. The minimum Gasteiger partial charge on any atom is -0.390 e. The lowest BCUT2D eigenvalue weighted by molar-refractivity contribution is -0.129. The lowest BCUT2D eigenvalue weighted by Crippen LogP contribution is -2.39. The second-order valence-corrected chi connectivity index (χ2v) is 5.05. The van der Waals surface area contributed by atoms with Crippen LogP contribution in [0.5, 0.6) is 0 Å². The van der Waals surface area contributed by atoms with E-state index >= 15 is 0 Å². The normalized spacial score (nSPS) is 29.4. The Kier molecular flexibility index (Phi) is 3.82. The van der Waals surface area contributed by atoms with Gasteiger partial charge < -0.3 is 10.0 Å². The van der Waals surface area contributed by atoms with E-state index in [-0.39, 0.29) is 12.0 Å². The van der Waals surface area contributed by atoms with E-state index in [9.17, 15) is 9.90 Å². The molecule has 92 valence electrons. The third-order valence-electron chi connectivity index (χ3n) is 3.82. The van der Waals surface area contributed by atoms with E-state index in [0.717, 1.165) is 19.6 Å². The molecule has 0 bridgehead atoms. The van der Waals surface area contributed by atoms with Crippen molar-refractivity contribution in [3.63, 3.8) is 0 Å². The SMILES string of the molecule is CC(=O)N1CCN(C2CCCC2)C[C@@H](O)C1. The Morgan fingerprint density at radius 3 is 2.50 bits per heavy atom. The van der Waals surface area contributed by atoms with Crippen molar-refractivity contribution in [1.82, 2.24) is 9.80 Å². The smallest absolute Gasteiger partial charge is 0.219 e. The minimum absolute atomic E-state index is 0.0762. The Hall–Kier alpha value is -0.610. The predicted octanol–water partition coefficient (Wildman–Crippen LogP) is 0.454. The van der Waals surface area contributed by atoms with Crippen LogP contribution in [0, 0.1) is 0 Å². The van der Waals surface area contributed by atoms with E-state index in [4.69, 9.17) is 0 Å². The minimum atomic E-state index is -0.382. The third-order valence-corrected chi connectivity index (χ3v) is 3.82.